The van der Waals surface area contributed by atoms with Gasteiger partial charge >= 0.3 is 0 Å². The molecule has 12 heavy (non-hydrogen) atoms. The first-order valence-electron chi connectivity index (χ1n) is 4.80. The van der Waals surface area contributed by atoms with Gasteiger partial charge in [0.15, 0.2) is 0 Å². The van der Waals surface area contributed by atoms with Crippen molar-refractivity contribution < 1.29 is 4.79 Å². The molecule has 1 aliphatic carbocycles. The highest BCUT2D eigenvalue weighted by Gasteiger charge is 2.28. The van der Waals surface area contributed by atoms with Crippen molar-refractivity contribution in [1.82, 2.24) is 10.2 Å². The van der Waals surface area contributed by atoms with Gasteiger partial charge in [0, 0.05) is 19.1 Å². The van der Waals surface area contributed by atoms with E-state index in [1.54, 1.807) is 0 Å². The van der Waals surface area contributed by atoms with E-state index < -0.39 is 0 Å². The van der Waals surface area contributed by atoms with Gasteiger partial charge in [-0.05, 0) is 12.8 Å². The first kappa shape index (κ1) is 8.05. The van der Waals surface area contributed by atoms with Crippen molar-refractivity contribution in [3.63, 3.8) is 0 Å². The Morgan fingerprint density at radius 3 is 2.75 bits per heavy atom. The molecule has 1 saturated heterocycles. The van der Waals surface area contributed by atoms with Crippen LogP contribution < -0.4 is 5.32 Å². The zero-order valence-electron chi connectivity index (χ0n) is 7.33. The van der Waals surface area contributed by atoms with Gasteiger partial charge in [0.05, 0.1) is 6.54 Å². The van der Waals surface area contributed by atoms with Crippen LogP contribution in [0.15, 0.2) is 0 Å². The van der Waals surface area contributed by atoms with Crippen LogP contribution in [0.2, 0.25) is 0 Å². The van der Waals surface area contributed by atoms with E-state index in [0.717, 1.165) is 13.1 Å². The Hall–Kier alpha value is -0.570. The number of hydrogen-bond donors (Lipinski definition) is 0. The van der Waals surface area contributed by atoms with Crippen LogP contribution >= 0.6 is 0 Å². The molecule has 67 valence electrons. The van der Waals surface area contributed by atoms with Crippen LogP contribution in [0.4, 0.5) is 0 Å². The Bertz CT molecular complexity index is 175. The summed E-state index contributed by atoms with van der Waals surface area (Å²) in [4.78, 5) is 13.5. The number of amides is 1. The minimum atomic E-state index is 0.244. The monoisotopic (exact) mass is 167 g/mol. The predicted octanol–water partition coefficient (Wildman–Crippen LogP) is 0.376. The van der Waals surface area contributed by atoms with Crippen LogP contribution in [0.25, 0.3) is 0 Å². The van der Waals surface area contributed by atoms with E-state index in [1.165, 1.54) is 25.7 Å². The average Bonchev–Trinajstić information content (AvgIpc) is 2.57. The largest absolute Gasteiger partial charge is 0.337 e. The fourth-order valence-electron chi connectivity index (χ4n) is 2.17. The number of nitrogens with zero attached hydrogens (tertiary/aromatic N) is 2. The van der Waals surface area contributed by atoms with Gasteiger partial charge in [0.2, 0.25) is 5.91 Å². The van der Waals surface area contributed by atoms with Gasteiger partial charge in [-0.25, -0.2) is 5.32 Å². The lowest BCUT2D eigenvalue weighted by molar-refractivity contribution is -0.134. The number of rotatable bonds is 1. The molecule has 2 rings (SSSR count). The molecule has 0 bridgehead atoms. The van der Waals surface area contributed by atoms with Crippen molar-refractivity contribution in [1.29, 1.82) is 0 Å². The molecule has 0 unspecified atom stereocenters. The van der Waals surface area contributed by atoms with Crippen LogP contribution in [0, 0.1) is 0 Å². The van der Waals surface area contributed by atoms with Crippen LogP contribution in [-0.4, -0.2) is 36.5 Å². The third-order valence-electron chi connectivity index (χ3n) is 2.83. The molecule has 0 aromatic carbocycles. The second-order valence-corrected chi connectivity index (χ2v) is 3.63. The van der Waals surface area contributed by atoms with Crippen molar-refractivity contribution in [2.45, 2.75) is 31.7 Å². The summed E-state index contributed by atoms with van der Waals surface area (Å²) in [6.45, 7) is 2.14. The quantitative estimate of drug-likeness (QED) is 0.556. The molecule has 0 atom stereocenters. The topological polar surface area (TPSA) is 34.4 Å². The highest BCUT2D eigenvalue weighted by Crippen LogP contribution is 2.23. The van der Waals surface area contributed by atoms with E-state index in [1.807, 2.05) is 4.90 Å². The number of carbonyl (C=O) groups excluding carboxylic acids is 1. The second kappa shape index (κ2) is 3.44. The summed E-state index contributed by atoms with van der Waals surface area (Å²) in [5.41, 5.74) is 0. The highest BCUT2D eigenvalue weighted by atomic mass is 16.2. The van der Waals surface area contributed by atoms with Crippen molar-refractivity contribution >= 4 is 5.91 Å². The van der Waals surface area contributed by atoms with Gasteiger partial charge < -0.3 is 4.90 Å². The Kier molecular flexibility index (Phi) is 2.30. The molecule has 1 aliphatic heterocycles. The summed E-state index contributed by atoms with van der Waals surface area (Å²) in [5, 5.41) is 4.09. The fraction of sp³-hybridized carbons (Fsp3) is 0.889. The van der Waals surface area contributed by atoms with Crippen LogP contribution in [0.5, 0.6) is 0 Å². The molecule has 2 fully saturated rings. The Morgan fingerprint density at radius 1 is 1.33 bits per heavy atom. The standard InChI is InChI=1S/C9H15N2O/c12-9-7-10-5-6-11(9)8-3-1-2-4-8/h8H,1-7H2. The summed E-state index contributed by atoms with van der Waals surface area (Å²) in [6, 6.07) is 0.549. The van der Waals surface area contributed by atoms with E-state index in [4.69, 9.17) is 0 Å². The van der Waals surface area contributed by atoms with E-state index in [0.29, 0.717) is 12.6 Å². The number of hydrogen-bond acceptors (Lipinski definition) is 1. The average molecular weight is 167 g/mol. The highest BCUT2D eigenvalue weighted by molar-refractivity contribution is 5.79. The molecule has 1 heterocycles. The minimum Gasteiger partial charge on any atom is -0.337 e. The molecule has 1 amide bonds. The lowest BCUT2D eigenvalue weighted by atomic mass is 10.2. The predicted molar refractivity (Wildman–Crippen MR) is 45.8 cm³/mol. The smallest absolute Gasteiger partial charge is 0.238 e. The first-order chi connectivity index (χ1) is 5.88. The SMILES string of the molecule is O=C1C[N]CCN1C1CCCC1. The first-order valence-corrected chi connectivity index (χ1v) is 4.80. The van der Waals surface area contributed by atoms with Crippen molar-refractivity contribution in [3.05, 3.63) is 0 Å². The fourth-order valence-corrected chi connectivity index (χ4v) is 2.17. The third-order valence-corrected chi connectivity index (χ3v) is 2.83. The summed E-state index contributed by atoms with van der Waals surface area (Å²) in [7, 11) is 0. The molecule has 0 aromatic rings. The van der Waals surface area contributed by atoms with Gasteiger partial charge in [-0.3, -0.25) is 4.79 Å². The zero-order valence-corrected chi connectivity index (χ0v) is 7.33. The lowest BCUT2D eigenvalue weighted by Crippen LogP contribution is -2.49. The summed E-state index contributed by atoms with van der Waals surface area (Å²) in [5.74, 6) is 0.244. The molecule has 1 radical (unpaired) electrons. The molecule has 0 spiro atoms. The minimum absolute atomic E-state index is 0.244. The van der Waals surface area contributed by atoms with E-state index >= 15 is 0 Å². The van der Waals surface area contributed by atoms with Crippen molar-refractivity contribution in [3.8, 4) is 0 Å². The maximum absolute atomic E-state index is 11.4. The van der Waals surface area contributed by atoms with Gasteiger partial charge in [-0.2, -0.15) is 0 Å². The van der Waals surface area contributed by atoms with Crippen molar-refractivity contribution in [2.24, 2.45) is 0 Å². The molecule has 3 nitrogen and oxygen atoms in total. The normalized spacial score (nSPS) is 26.7. The summed E-state index contributed by atoms with van der Waals surface area (Å²) < 4.78 is 0. The summed E-state index contributed by atoms with van der Waals surface area (Å²) in [6.07, 6.45) is 5.02. The van der Waals surface area contributed by atoms with Gasteiger partial charge in [-0.1, -0.05) is 12.8 Å². The van der Waals surface area contributed by atoms with Crippen LogP contribution in [0.3, 0.4) is 0 Å². The molecule has 0 aromatic heterocycles. The van der Waals surface area contributed by atoms with Crippen LogP contribution in [0.1, 0.15) is 25.7 Å². The third kappa shape index (κ3) is 1.46. The van der Waals surface area contributed by atoms with E-state index in [9.17, 15) is 4.79 Å². The summed E-state index contributed by atoms with van der Waals surface area (Å²) >= 11 is 0. The number of piperazine rings is 1. The van der Waals surface area contributed by atoms with Crippen molar-refractivity contribution in [2.75, 3.05) is 19.6 Å². The molecule has 2 aliphatic rings. The molecule has 1 saturated carbocycles. The second-order valence-electron chi connectivity index (χ2n) is 3.63. The van der Waals surface area contributed by atoms with E-state index in [-0.39, 0.29) is 5.91 Å². The van der Waals surface area contributed by atoms with Gasteiger partial charge in [0.1, 0.15) is 0 Å². The molecule has 0 N–H and O–H groups in total. The Labute approximate surface area is 73.1 Å². The lowest BCUT2D eigenvalue weighted by Gasteiger charge is -2.31. The van der Waals surface area contributed by atoms with E-state index in [2.05, 4.69) is 5.32 Å². The van der Waals surface area contributed by atoms with Gasteiger partial charge in [0.25, 0.3) is 0 Å². The maximum Gasteiger partial charge on any atom is 0.238 e. The Balaban J connectivity index is 1.95. The number of carbonyl (C=O) groups is 1. The maximum atomic E-state index is 11.4. The zero-order chi connectivity index (χ0) is 8.39. The molecular weight excluding hydrogens is 152 g/mol. The molecular formula is C9H15N2O. The molecule has 3 heteroatoms. The van der Waals surface area contributed by atoms with Gasteiger partial charge in [-0.15, -0.1) is 0 Å². The van der Waals surface area contributed by atoms with Crippen LogP contribution in [-0.2, 0) is 4.79 Å². The Morgan fingerprint density at radius 2 is 2.08 bits per heavy atom.